The first-order valence-corrected chi connectivity index (χ1v) is 9.89. The lowest BCUT2D eigenvalue weighted by Gasteiger charge is -2.27. The van der Waals surface area contributed by atoms with Crippen LogP contribution in [0.15, 0.2) is 0 Å². The van der Waals surface area contributed by atoms with E-state index in [4.69, 9.17) is 5.11 Å². The molecule has 0 aromatic rings. The van der Waals surface area contributed by atoms with E-state index in [1.165, 1.54) is 23.6 Å². The second kappa shape index (κ2) is 8.00. The smallest absolute Gasteiger partial charge is 0.326 e. The molecular weight excluding hydrogens is 316 g/mol. The van der Waals surface area contributed by atoms with Crippen molar-refractivity contribution in [3.05, 3.63) is 0 Å². The lowest BCUT2D eigenvalue weighted by atomic mass is 10.2. The molecule has 0 bridgehead atoms. The molecule has 21 heavy (non-hydrogen) atoms. The Kier molecular flexibility index (Phi) is 6.95. The Hall–Kier alpha value is -0.800. The minimum absolute atomic E-state index is 0.113. The number of rotatable bonds is 8. The monoisotopic (exact) mass is 338 g/mol. The summed E-state index contributed by atoms with van der Waals surface area (Å²) in [7, 11) is -3.52. The van der Waals surface area contributed by atoms with Gasteiger partial charge in [-0.05, 0) is 38.2 Å². The number of likely N-dealkylation sites (tertiary alicyclic amines) is 1. The fourth-order valence-electron chi connectivity index (χ4n) is 2.26. The molecule has 0 radical (unpaired) electrons. The van der Waals surface area contributed by atoms with Crippen molar-refractivity contribution >= 4 is 33.7 Å². The van der Waals surface area contributed by atoms with E-state index in [-0.39, 0.29) is 5.75 Å². The molecule has 1 amide bonds. The lowest BCUT2D eigenvalue weighted by molar-refractivity contribution is -0.148. The normalized spacial score (nSPS) is 20.5. The fourth-order valence-corrected chi connectivity index (χ4v) is 3.55. The molecule has 1 rings (SSSR count). The van der Waals surface area contributed by atoms with Crippen molar-refractivity contribution in [1.29, 1.82) is 0 Å². The Balaban J connectivity index is 2.86. The van der Waals surface area contributed by atoms with Gasteiger partial charge in [0.05, 0.1) is 5.75 Å². The zero-order chi connectivity index (χ0) is 16.0. The molecule has 2 N–H and O–H groups in total. The number of carboxylic acids is 1. The van der Waals surface area contributed by atoms with E-state index in [2.05, 4.69) is 4.72 Å². The number of amides is 1. The summed E-state index contributed by atoms with van der Waals surface area (Å²) in [6, 6.07) is -1.73. The van der Waals surface area contributed by atoms with Crippen LogP contribution in [0.4, 0.5) is 0 Å². The molecule has 1 fully saturated rings. The first-order valence-electron chi connectivity index (χ1n) is 6.84. The van der Waals surface area contributed by atoms with Crippen LogP contribution in [0.3, 0.4) is 0 Å². The molecule has 122 valence electrons. The number of thioether (sulfide) groups is 1. The van der Waals surface area contributed by atoms with E-state index >= 15 is 0 Å². The average molecular weight is 338 g/mol. The molecule has 0 aromatic heterocycles. The topological polar surface area (TPSA) is 104 Å². The van der Waals surface area contributed by atoms with Gasteiger partial charge >= 0.3 is 5.97 Å². The summed E-state index contributed by atoms with van der Waals surface area (Å²) >= 11 is 1.51. The van der Waals surface area contributed by atoms with Gasteiger partial charge in [0.25, 0.3) is 0 Å². The first kappa shape index (κ1) is 18.2. The molecule has 1 aliphatic heterocycles. The summed E-state index contributed by atoms with van der Waals surface area (Å²) in [4.78, 5) is 24.9. The maximum Gasteiger partial charge on any atom is 0.326 e. The predicted octanol–water partition coefficient (Wildman–Crippen LogP) is 0.123. The predicted molar refractivity (Wildman–Crippen MR) is 81.8 cm³/mol. The number of hydrogen-bond donors (Lipinski definition) is 2. The zero-order valence-electron chi connectivity index (χ0n) is 12.2. The highest BCUT2D eigenvalue weighted by molar-refractivity contribution is 7.98. The van der Waals surface area contributed by atoms with Crippen LogP contribution < -0.4 is 4.72 Å². The van der Waals surface area contributed by atoms with Crippen molar-refractivity contribution in [2.75, 3.05) is 24.3 Å². The molecule has 0 aliphatic carbocycles. The maximum atomic E-state index is 12.5. The molecular formula is C12H22N2O5S2. The van der Waals surface area contributed by atoms with Crippen LogP contribution in [0.1, 0.15) is 26.2 Å². The minimum Gasteiger partial charge on any atom is -0.480 e. The van der Waals surface area contributed by atoms with Crippen LogP contribution in [0, 0.1) is 0 Å². The van der Waals surface area contributed by atoms with Gasteiger partial charge in [-0.3, -0.25) is 4.79 Å². The van der Waals surface area contributed by atoms with Gasteiger partial charge in [0.1, 0.15) is 12.1 Å². The molecule has 9 heteroatoms. The first-order chi connectivity index (χ1) is 9.82. The number of nitrogens with zero attached hydrogens (tertiary/aromatic N) is 1. The highest BCUT2D eigenvalue weighted by atomic mass is 32.2. The molecule has 1 heterocycles. The number of hydrogen-bond acceptors (Lipinski definition) is 5. The summed E-state index contributed by atoms with van der Waals surface area (Å²) in [5.74, 6) is -0.971. The third kappa shape index (κ3) is 5.15. The lowest BCUT2D eigenvalue weighted by Crippen LogP contribution is -2.52. The van der Waals surface area contributed by atoms with E-state index in [0.29, 0.717) is 31.6 Å². The van der Waals surface area contributed by atoms with E-state index in [9.17, 15) is 18.0 Å². The molecule has 0 saturated carbocycles. The second-order valence-corrected chi connectivity index (χ2v) is 7.91. The minimum atomic E-state index is -3.52. The quantitative estimate of drug-likeness (QED) is 0.652. The van der Waals surface area contributed by atoms with Crippen molar-refractivity contribution < 1.29 is 23.1 Å². The highest BCUT2D eigenvalue weighted by Crippen LogP contribution is 2.19. The average Bonchev–Trinajstić information content (AvgIpc) is 2.92. The van der Waals surface area contributed by atoms with Crippen molar-refractivity contribution in [3.63, 3.8) is 0 Å². The van der Waals surface area contributed by atoms with Crippen molar-refractivity contribution in [2.24, 2.45) is 0 Å². The van der Waals surface area contributed by atoms with Gasteiger partial charge < -0.3 is 10.0 Å². The third-order valence-corrected chi connectivity index (χ3v) is 5.48. The molecule has 1 aliphatic rings. The van der Waals surface area contributed by atoms with Crippen LogP contribution in [0.25, 0.3) is 0 Å². The van der Waals surface area contributed by atoms with Crippen LogP contribution in [0.5, 0.6) is 0 Å². The van der Waals surface area contributed by atoms with Gasteiger partial charge in [0, 0.05) is 6.54 Å². The van der Waals surface area contributed by atoms with Crippen LogP contribution in [-0.4, -0.2) is 66.7 Å². The number of carbonyl (C=O) groups is 2. The number of carbonyl (C=O) groups excluding carboxylic acids is 1. The van der Waals surface area contributed by atoms with Crippen molar-refractivity contribution in [3.8, 4) is 0 Å². The molecule has 0 spiro atoms. The Morgan fingerprint density at radius 2 is 2.14 bits per heavy atom. The van der Waals surface area contributed by atoms with Crippen molar-refractivity contribution in [2.45, 2.75) is 38.3 Å². The molecule has 1 saturated heterocycles. The van der Waals surface area contributed by atoms with Gasteiger partial charge in [0.2, 0.25) is 15.9 Å². The Labute approximate surface area is 129 Å². The molecule has 0 aromatic carbocycles. The molecule has 7 nitrogen and oxygen atoms in total. The van der Waals surface area contributed by atoms with Crippen LogP contribution >= 0.6 is 11.8 Å². The largest absolute Gasteiger partial charge is 0.480 e. The van der Waals surface area contributed by atoms with Gasteiger partial charge in [-0.25, -0.2) is 17.9 Å². The van der Waals surface area contributed by atoms with Crippen LogP contribution in [0.2, 0.25) is 0 Å². The summed E-state index contributed by atoms with van der Waals surface area (Å²) in [6.07, 6.45) is 3.25. The zero-order valence-corrected chi connectivity index (χ0v) is 13.9. The summed E-state index contributed by atoms with van der Waals surface area (Å²) in [5, 5.41) is 9.13. The number of carboxylic acid groups (broad SMARTS) is 1. The van der Waals surface area contributed by atoms with Crippen molar-refractivity contribution in [1.82, 2.24) is 9.62 Å². The van der Waals surface area contributed by atoms with Gasteiger partial charge in [-0.1, -0.05) is 0 Å². The summed E-state index contributed by atoms with van der Waals surface area (Å²) in [5.41, 5.74) is 0. The highest BCUT2D eigenvalue weighted by Gasteiger charge is 2.37. The van der Waals surface area contributed by atoms with Gasteiger partial charge in [0.15, 0.2) is 0 Å². The van der Waals surface area contributed by atoms with Gasteiger partial charge in [-0.15, -0.1) is 0 Å². The third-order valence-electron chi connectivity index (χ3n) is 3.43. The number of aliphatic carboxylic acids is 1. The van der Waals surface area contributed by atoms with E-state index < -0.39 is 34.0 Å². The van der Waals surface area contributed by atoms with E-state index in [0.717, 1.165) is 0 Å². The van der Waals surface area contributed by atoms with Crippen LogP contribution in [-0.2, 0) is 19.6 Å². The number of sulfonamides is 1. The standard InChI is InChI=1S/C12H22N2O5S2/c1-3-21(18,19)13-9(6-8-20-2)11(15)14-7-4-5-10(14)12(16)17/h9-10,13H,3-8H2,1-2H3,(H,16,17)/t9?,10-/m1/s1. The van der Waals surface area contributed by atoms with Gasteiger partial charge in [-0.2, -0.15) is 11.8 Å². The second-order valence-electron chi connectivity index (χ2n) is 4.88. The fraction of sp³-hybridized carbons (Fsp3) is 0.833. The molecule has 1 unspecified atom stereocenters. The summed E-state index contributed by atoms with van der Waals surface area (Å²) < 4.78 is 25.8. The Bertz CT molecular complexity index is 480. The van der Waals surface area contributed by atoms with E-state index in [1.54, 1.807) is 0 Å². The Morgan fingerprint density at radius 3 is 2.67 bits per heavy atom. The SMILES string of the molecule is CCS(=O)(=O)NC(CCSC)C(=O)N1CCC[C@@H]1C(=O)O. The molecule has 2 atom stereocenters. The Morgan fingerprint density at radius 1 is 1.48 bits per heavy atom. The van der Waals surface area contributed by atoms with E-state index in [1.807, 2.05) is 6.26 Å². The number of nitrogens with one attached hydrogen (secondary N) is 1. The maximum absolute atomic E-state index is 12.5. The summed E-state index contributed by atoms with van der Waals surface area (Å²) in [6.45, 7) is 1.85.